The molecule has 0 aromatic carbocycles. The van der Waals surface area contributed by atoms with Crippen LogP contribution in [-0.4, -0.2) is 30.6 Å². The van der Waals surface area contributed by atoms with E-state index >= 15 is 0 Å². The van der Waals surface area contributed by atoms with Gasteiger partial charge in [0.25, 0.3) is 0 Å². The van der Waals surface area contributed by atoms with Crippen molar-refractivity contribution < 1.29 is 19.1 Å². The van der Waals surface area contributed by atoms with Crippen LogP contribution in [0.4, 0.5) is 0 Å². The molecule has 0 spiro atoms. The predicted molar refractivity (Wildman–Crippen MR) is 121 cm³/mol. The number of hydrogen-bond acceptors (Lipinski definition) is 6. The third-order valence-corrected chi connectivity index (χ3v) is 5.63. The van der Waals surface area contributed by atoms with Crippen LogP contribution in [0.15, 0.2) is 47.1 Å². The Morgan fingerprint density at radius 1 is 0.968 bits per heavy atom. The van der Waals surface area contributed by atoms with Crippen LogP contribution in [0.1, 0.15) is 83.6 Å². The molecule has 6 heteroatoms. The summed E-state index contributed by atoms with van der Waals surface area (Å²) in [6, 6.07) is 3.65. The van der Waals surface area contributed by atoms with Gasteiger partial charge in [0.1, 0.15) is 0 Å². The summed E-state index contributed by atoms with van der Waals surface area (Å²) in [4.78, 5) is 29.8. The summed E-state index contributed by atoms with van der Waals surface area (Å²) < 4.78 is 10.6. The lowest BCUT2D eigenvalue weighted by atomic mass is 9.81. The maximum Gasteiger partial charge on any atom is 0.336 e. The topological polar surface area (TPSA) is 77.5 Å². The second-order valence-electron chi connectivity index (χ2n) is 8.02. The van der Waals surface area contributed by atoms with Crippen molar-refractivity contribution in [2.75, 3.05) is 13.7 Å². The number of carbonyl (C=O) groups excluding carboxylic acids is 2. The van der Waals surface area contributed by atoms with Gasteiger partial charge in [0.15, 0.2) is 0 Å². The van der Waals surface area contributed by atoms with Gasteiger partial charge in [0, 0.05) is 23.8 Å². The van der Waals surface area contributed by atoms with Crippen molar-refractivity contribution in [3.05, 3.63) is 52.6 Å². The summed E-state index contributed by atoms with van der Waals surface area (Å²) >= 11 is 0. The molecular weight excluding hydrogens is 392 g/mol. The fourth-order valence-electron chi connectivity index (χ4n) is 4.00. The van der Waals surface area contributed by atoms with Gasteiger partial charge in [0.2, 0.25) is 0 Å². The number of carbonyl (C=O) groups is 2. The van der Waals surface area contributed by atoms with Gasteiger partial charge in [-0.15, -0.1) is 0 Å². The summed E-state index contributed by atoms with van der Waals surface area (Å²) in [5, 5.41) is 3.15. The molecule has 1 unspecified atom stereocenters. The van der Waals surface area contributed by atoms with Crippen molar-refractivity contribution >= 4 is 11.9 Å². The van der Waals surface area contributed by atoms with Gasteiger partial charge in [-0.1, -0.05) is 57.9 Å². The van der Waals surface area contributed by atoms with Crippen molar-refractivity contribution in [1.29, 1.82) is 0 Å². The quantitative estimate of drug-likeness (QED) is 0.365. The molecule has 1 aliphatic heterocycles. The number of aromatic nitrogens is 1. The van der Waals surface area contributed by atoms with Gasteiger partial charge >= 0.3 is 11.9 Å². The first-order valence-corrected chi connectivity index (χ1v) is 11.3. The minimum atomic E-state index is -0.575. The lowest BCUT2D eigenvalue weighted by Gasteiger charge is -2.30. The van der Waals surface area contributed by atoms with Gasteiger partial charge in [-0.05, 0) is 31.9 Å². The van der Waals surface area contributed by atoms with E-state index in [2.05, 4.69) is 17.2 Å². The van der Waals surface area contributed by atoms with Crippen molar-refractivity contribution in [2.45, 2.75) is 78.1 Å². The highest BCUT2D eigenvalue weighted by molar-refractivity contribution is 5.99. The normalized spacial score (nSPS) is 16.2. The lowest BCUT2D eigenvalue weighted by molar-refractivity contribution is -0.139. The summed E-state index contributed by atoms with van der Waals surface area (Å²) in [5.74, 6) is -1.45. The van der Waals surface area contributed by atoms with E-state index in [-0.39, 0.29) is 0 Å². The van der Waals surface area contributed by atoms with E-state index in [0.717, 1.165) is 24.8 Å². The van der Waals surface area contributed by atoms with Crippen molar-refractivity contribution in [2.24, 2.45) is 0 Å². The number of ether oxygens (including phenoxy) is 2. The molecule has 0 amide bonds. The minimum Gasteiger partial charge on any atom is -0.466 e. The van der Waals surface area contributed by atoms with Crippen LogP contribution in [0.3, 0.4) is 0 Å². The fraction of sp³-hybridized carbons (Fsp3) is 0.560. The first-order chi connectivity index (χ1) is 15.0. The van der Waals surface area contributed by atoms with Crippen LogP contribution in [0.5, 0.6) is 0 Å². The number of pyridine rings is 1. The monoisotopic (exact) mass is 428 g/mol. The highest BCUT2D eigenvalue weighted by Crippen LogP contribution is 2.38. The molecule has 1 aromatic heterocycles. The van der Waals surface area contributed by atoms with E-state index in [1.54, 1.807) is 18.5 Å². The SMILES string of the molecule is CCCCCCCCCCOC(=O)C1=C(C)NC(C)=C(C(=O)OC)C1c1cccnc1. The highest BCUT2D eigenvalue weighted by Gasteiger charge is 2.37. The van der Waals surface area contributed by atoms with E-state index < -0.39 is 17.9 Å². The molecule has 0 saturated carbocycles. The average Bonchev–Trinajstić information content (AvgIpc) is 2.77. The zero-order valence-electron chi connectivity index (χ0n) is 19.3. The summed E-state index contributed by atoms with van der Waals surface area (Å²) in [6.07, 6.45) is 12.8. The smallest absolute Gasteiger partial charge is 0.336 e. The van der Waals surface area contributed by atoms with Crippen LogP contribution in [-0.2, 0) is 19.1 Å². The zero-order chi connectivity index (χ0) is 22.6. The zero-order valence-corrected chi connectivity index (χ0v) is 19.3. The van der Waals surface area contributed by atoms with Crippen LogP contribution >= 0.6 is 0 Å². The first kappa shape index (κ1) is 24.6. The number of hydrogen-bond donors (Lipinski definition) is 1. The first-order valence-electron chi connectivity index (χ1n) is 11.3. The number of nitrogens with zero attached hydrogens (tertiary/aromatic N) is 1. The lowest BCUT2D eigenvalue weighted by Crippen LogP contribution is -2.32. The largest absolute Gasteiger partial charge is 0.466 e. The Balaban J connectivity index is 2.04. The molecule has 0 fully saturated rings. The summed E-state index contributed by atoms with van der Waals surface area (Å²) in [7, 11) is 1.34. The third-order valence-electron chi connectivity index (χ3n) is 5.63. The van der Waals surface area contributed by atoms with Gasteiger partial charge in [-0.25, -0.2) is 9.59 Å². The molecule has 0 radical (unpaired) electrons. The standard InChI is InChI=1S/C25H36N2O4/c1-5-6-7-8-9-10-11-12-16-31-25(29)22-19(3)27-18(2)21(24(28)30-4)23(22)20-14-13-15-26-17-20/h13-15,17,23,27H,5-12,16H2,1-4H3. The molecule has 0 aliphatic carbocycles. The number of dihydropyridines is 1. The molecule has 2 rings (SSSR count). The minimum absolute atomic E-state index is 0.376. The van der Waals surface area contributed by atoms with E-state index in [1.165, 1.54) is 39.2 Å². The predicted octanol–water partition coefficient (Wildman–Crippen LogP) is 5.17. The van der Waals surface area contributed by atoms with Gasteiger partial charge in [-0.2, -0.15) is 0 Å². The molecule has 170 valence electrons. The number of allylic oxidation sites excluding steroid dienone is 2. The van der Waals surface area contributed by atoms with Gasteiger partial charge in [0.05, 0.1) is 30.8 Å². The molecule has 1 atom stereocenters. The molecule has 31 heavy (non-hydrogen) atoms. The van der Waals surface area contributed by atoms with Crippen molar-refractivity contribution in [3.8, 4) is 0 Å². The number of unbranched alkanes of at least 4 members (excludes halogenated alkanes) is 7. The number of nitrogens with one attached hydrogen (secondary N) is 1. The summed E-state index contributed by atoms with van der Waals surface area (Å²) in [6.45, 7) is 6.23. The molecule has 6 nitrogen and oxygen atoms in total. The maximum atomic E-state index is 13.0. The van der Waals surface area contributed by atoms with Crippen LogP contribution in [0.25, 0.3) is 0 Å². The van der Waals surface area contributed by atoms with E-state index in [4.69, 9.17) is 9.47 Å². The Hall–Kier alpha value is -2.63. The molecule has 1 aliphatic rings. The molecule has 0 saturated heterocycles. The Morgan fingerprint density at radius 3 is 2.16 bits per heavy atom. The number of rotatable bonds is 12. The number of esters is 2. The summed E-state index contributed by atoms with van der Waals surface area (Å²) in [5.41, 5.74) is 2.93. The Labute approximate surface area is 186 Å². The van der Waals surface area contributed by atoms with E-state index in [9.17, 15) is 9.59 Å². The van der Waals surface area contributed by atoms with Gasteiger partial charge in [-0.3, -0.25) is 4.98 Å². The van der Waals surface area contributed by atoms with E-state index in [0.29, 0.717) is 29.1 Å². The Kier molecular flexibility index (Phi) is 10.3. The molecule has 0 bridgehead atoms. The van der Waals surface area contributed by atoms with Gasteiger partial charge < -0.3 is 14.8 Å². The third kappa shape index (κ3) is 6.94. The molecule has 1 aromatic rings. The second-order valence-corrected chi connectivity index (χ2v) is 8.02. The highest BCUT2D eigenvalue weighted by atomic mass is 16.5. The van der Waals surface area contributed by atoms with Crippen molar-refractivity contribution in [3.63, 3.8) is 0 Å². The molecular formula is C25H36N2O4. The average molecular weight is 429 g/mol. The number of methoxy groups -OCH3 is 1. The Bertz CT molecular complexity index is 799. The molecule has 2 heterocycles. The maximum absolute atomic E-state index is 13.0. The Morgan fingerprint density at radius 2 is 1.58 bits per heavy atom. The van der Waals surface area contributed by atoms with Crippen molar-refractivity contribution in [1.82, 2.24) is 10.3 Å². The fourth-order valence-corrected chi connectivity index (χ4v) is 4.00. The van der Waals surface area contributed by atoms with Crippen LogP contribution in [0, 0.1) is 0 Å². The molecule has 1 N–H and O–H groups in total. The second kappa shape index (κ2) is 12.9. The van der Waals surface area contributed by atoms with Crippen LogP contribution < -0.4 is 5.32 Å². The van der Waals surface area contributed by atoms with Crippen LogP contribution in [0.2, 0.25) is 0 Å². The van der Waals surface area contributed by atoms with E-state index in [1.807, 2.05) is 19.9 Å².